The highest BCUT2D eigenvalue weighted by molar-refractivity contribution is 6.00. The fourth-order valence-electron chi connectivity index (χ4n) is 11.0. The van der Waals surface area contributed by atoms with E-state index in [1.54, 1.807) is 6.92 Å². The average molecular weight is 1480 g/mol. The Morgan fingerprint density at radius 2 is 0.846 bits per heavy atom. The van der Waals surface area contributed by atoms with Crippen molar-refractivity contribution in [1.82, 2.24) is 68.7 Å². The van der Waals surface area contributed by atoms with Crippen molar-refractivity contribution in [2.24, 2.45) is 23.3 Å². The summed E-state index contributed by atoms with van der Waals surface area (Å²) < 4.78 is 0. The zero-order valence-electron chi connectivity index (χ0n) is 61.6. The number of aliphatic hydroxyl groups excluding tert-OH is 3. The number of unbranched alkanes of at least 4 members (excludes halogenated alkanes) is 8. The fraction of sp³-hybridized carbons (Fsp3) is 0.761. The molecule has 37 nitrogen and oxygen atoms in total. The number of carboxylic acid groups (broad SMARTS) is 3. The van der Waals surface area contributed by atoms with E-state index >= 15 is 0 Å². The number of nitrogens with one attached hydrogen (secondary N) is 12. The Balaban J connectivity index is 3.18. The number of nitrogens with zero attached hydrogens (tertiary/aromatic N) is 1. The predicted molar refractivity (Wildman–Crippen MR) is 375 cm³/mol. The van der Waals surface area contributed by atoms with E-state index in [0.29, 0.717) is 25.7 Å². The molecule has 0 aromatic rings. The number of hydrogen-bond acceptors (Lipinski definition) is 21. The summed E-state index contributed by atoms with van der Waals surface area (Å²) in [6.45, 7) is 14.4. The molecule has 104 heavy (non-hydrogen) atoms. The maximum atomic E-state index is 14.2. The Hall–Kier alpha value is -8.68. The van der Waals surface area contributed by atoms with Gasteiger partial charge >= 0.3 is 17.9 Å². The van der Waals surface area contributed by atoms with Gasteiger partial charge < -0.3 is 111 Å². The molecule has 0 radical (unpaired) electrons. The molecule has 0 aromatic heterocycles. The van der Waals surface area contributed by atoms with Gasteiger partial charge in [0.15, 0.2) is 0 Å². The molecule has 22 N–H and O–H groups in total. The van der Waals surface area contributed by atoms with Crippen LogP contribution in [0.4, 0.5) is 0 Å². The van der Waals surface area contributed by atoms with Gasteiger partial charge in [-0.15, -0.1) is 0 Å². The highest BCUT2D eigenvalue weighted by Gasteiger charge is 2.43. The lowest BCUT2D eigenvalue weighted by Gasteiger charge is -2.32. The molecule has 16 atom stereocenters. The molecule has 1 fully saturated rings. The van der Waals surface area contributed by atoms with Crippen LogP contribution >= 0.6 is 0 Å². The van der Waals surface area contributed by atoms with E-state index in [0.717, 1.165) is 43.4 Å². The monoisotopic (exact) mass is 1480 g/mol. The summed E-state index contributed by atoms with van der Waals surface area (Å²) in [4.78, 5) is 213. The number of aliphatic carboxylic acids is 3. The molecule has 1 saturated heterocycles. The van der Waals surface area contributed by atoms with Gasteiger partial charge in [-0.05, 0) is 124 Å². The van der Waals surface area contributed by atoms with Crippen molar-refractivity contribution < 1.29 is 107 Å². The summed E-state index contributed by atoms with van der Waals surface area (Å²) in [5.41, 5.74) is 11.4. The number of nitrogens with two attached hydrogens (primary N) is 2. The van der Waals surface area contributed by atoms with E-state index < -0.39 is 205 Å². The smallest absolute Gasteiger partial charge is 0.326 e. The molecule has 13 amide bonds. The lowest BCUT2D eigenvalue weighted by Crippen LogP contribution is -2.62. The Bertz CT molecular complexity index is 2870. The molecule has 0 aliphatic carbocycles. The fourth-order valence-corrected chi connectivity index (χ4v) is 11.0. The van der Waals surface area contributed by atoms with Crippen LogP contribution in [0.3, 0.4) is 0 Å². The predicted octanol–water partition coefficient (Wildman–Crippen LogP) is -3.87. The zero-order chi connectivity index (χ0) is 79.1. The van der Waals surface area contributed by atoms with Gasteiger partial charge in [0.05, 0.1) is 31.7 Å². The Labute approximate surface area is 606 Å². The van der Waals surface area contributed by atoms with Gasteiger partial charge in [0.2, 0.25) is 76.8 Å². The highest BCUT2D eigenvalue weighted by Crippen LogP contribution is 2.21. The number of hydrogen-bond donors (Lipinski definition) is 20. The van der Waals surface area contributed by atoms with Gasteiger partial charge in [-0.3, -0.25) is 71.9 Å². The van der Waals surface area contributed by atoms with Crippen LogP contribution in [0.15, 0.2) is 0 Å². The summed E-state index contributed by atoms with van der Waals surface area (Å²) in [7, 11) is 0. The zero-order valence-corrected chi connectivity index (χ0v) is 61.6. The van der Waals surface area contributed by atoms with Crippen LogP contribution in [0, 0.1) is 11.8 Å². The summed E-state index contributed by atoms with van der Waals surface area (Å²) in [5.74, 6) is -18.1. The SMILES string of the molecule is CCCCCCCCCC(=O)N[C@@H](CC(C)C)C(=O)N[C@H](C(=O)N1CCC[C@H]1C(=O)N[C@H](C(=O)N[C@@H](C)C(=O)N[C@@H](CCCCN)C(=O)N[C@@H](C)C(=O)N[C@@H](C)C(=O)N[C@@H](CO)C(=O)N[C@@H](CCCCN)C(=O)N[C@H](C(=O)N[C@@H](CC(=O)O)C(=O)N[C@@H](CC(=O)O)C(=O)O)[C@@H](C)CC)[C@@H](C)O)[C@@H](C)O. The van der Waals surface area contributed by atoms with E-state index in [9.17, 15) is 102 Å². The van der Waals surface area contributed by atoms with Crippen LogP contribution in [-0.4, -0.2) is 247 Å². The van der Waals surface area contributed by atoms with Gasteiger partial charge in [0.1, 0.15) is 78.5 Å². The lowest BCUT2D eigenvalue weighted by atomic mass is 9.96. The average Bonchev–Trinajstić information content (AvgIpc) is 1.60. The topological polar surface area (TPSA) is 594 Å². The third-order valence-electron chi connectivity index (χ3n) is 17.3. The van der Waals surface area contributed by atoms with Crippen LogP contribution in [0.2, 0.25) is 0 Å². The first kappa shape index (κ1) is 93.3. The second-order valence-corrected chi connectivity index (χ2v) is 26.9. The first-order valence-corrected chi connectivity index (χ1v) is 35.9. The van der Waals surface area contributed by atoms with Crippen LogP contribution in [0.25, 0.3) is 0 Å². The molecular formula is C67H117N15O22. The second-order valence-electron chi connectivity index (χ2n) is 26.9. The Morgan fingerprint density at radius 1 is 0.433 bits per heavy atom. The van der Waals surface area contributed by atoms with E-state index in [1.807, 2.05) is 19.2 Å². The second kappa shape index (κ2) is 49.1. The van der Waals surface area contributed by atoms with Crippen LogP contribution < -0.4 is 75.3 Å². The minimum absolute atomic E-state index is 0.0128. The number of aliphatic hydroxyl groups is 3. The van der Waals surface area contributed by atoms with Crippen LogP contribution in [0.5, 0.6) is 0 Å². The summed E-state index contributed by atoms with van der Waals surface area (Å²) in [6.07, 6.45) is 3.68. The molecule has 0 saturated carbocycles. The normalized spacial score (nSPS) is 17.0. The maximum Gasteiger partial charge on any atom is 0.326 e. The van der Waals surface area contributed by atoms with Gasteiger partial charge in [0.25, 0.3) is 0 Å². The summed E-state index contributed by atoms with van der Waals surface area (Å²) >= 11 is 0. The molecule has 0 spiro atoms. The highest BCUT2D eigenvalue weighted by atomic mass is 16.4. The van der Waals surface area contributed by atoms with Crippen molar-refractivity contribution in [3.8, 4) is 0 Å². The molecule has 0 unspecified atom stereocenters. The standard InChI is InChI=1S/C67H117N15O22/c1-11-13-14-15-16-17-18-27-49(86)73-44(31-35(3)4)61(97)81-54(41(10)85)66(102)82-30-23-26-48(82)63(99)80-53(40(9)84)65(101)72-39(8)56(92)74-42(24-19-21-28-68)58(94)71-37(6)55(91)70-38(7)57(93)78-47(34-83)62(98)75-43(25-20-22-29-69)59(95)79-52(36(5)12-2)64(100)76-45(32-50(87)88)60(96)77-46(67(103)104)33-51(89)90/h35-48,52-54,83-85H,11-34,68-69H2,1-10H3,(H,70,91)(H,71,94)(H,72,101)(H,73,86)(H,74,92)(H,75,98)(H,76,100)(H,77,96)(H,78,93)(H,79,95)(H,80,99)(H,81,97)(H,87,88)(H,89,90)(H,103,104)/t36-,37-,38-,39-,40+,41+,42-,43-,44-,45-,46-,47-,48-,52-,53-,54-/m0/s1. The first-order chi connectivity index (χ1) is 48.9. The molecule has 592 valence electrons. The van der Waals surface area contributed by atoms with Crippen LogP contribution in [0.1, 0.15) is 198 Å². The first-order valence-electron chi connectivity index (χ1n) is 35.9. The van der Waals surface area contributed by atoms with E-state index in [-0.39, 0.29) is 82.8 Å². The number of likely N-dealkylation sites (tertiary alicyclic amines) is 1. The molecule has 0 aromatic carbocycles. The van der Waals surface area contributed by atoms with E-state index in [2.05, 4.69) is 65.4 Å². The minimum atomic E-state index is -2.02. The van der Waals surface area contributed by atoms with Crippen molar-refractivity contribution in [3.63, 3.8) is 0 Å². The lowest BCUT2D eigenvalue weighted by molar-refractivity contribution is -0.148. The number of carbonyl (C=O) groups excluding carboxylic acids is 13. The Kier molecular flexibility index (Phi) is 44.1. The molecule has 1 aliphatic rings. The maximum absolute atomic E-state index is 14.2. The van der Waals surface area contributed by atoms with Crippen molar-refractivity contribution in [1.29, 1.82) is 0 Å². The third-order valence-corrected chi connectivity index (χ3v) is 17.3. The summed E-state index contributed by atoms with van der Waals surface area (Å²) in [5, 5.41) is 88.6. The number of amides is 13. The van der Waals surface area contributed by atoms with Crippen molar-refractivity contribution >= 4 is 94.7 Å². The van der Waals surface area contributed by atoms with Crippen LogP contribution in [-0.2, 0) is 76.7 Å². The number of carbonyl (C=O) groups is 16. The van der Waals surface area contributed by atoms with E-state index in [4.69, 9.17) is 16.6 Å². The minimum Gasteiger partial charge on any atom is -0.481 e. The third kappa shape index (κ3) is 34.3. The quantitative estimate of drug-likeness (QED) is 0.0259. The van der Waals surface area contributed by atoms with Crippen molar-refractivity contribution in [2.45, 2.75) is 288 Å². The van der Waals surface area contributed by atoms with Gasteiger partial charge in [-0.1, -0.05) is 79.6 Å². The molecule has 0 bridgehead atoms. The summed E-state index contributed by atoms with van der Waals surface area (Å²) in [6, 6.07) is -20.1. The number of rotatable bonds is 52. The van der Waals surface area contributed by atoms with Gasteiger partial charge in [0, 0.05) is 13.0 Å². The molecule has 1 aliphatic heterocycles. The van der Waals surface area contributed by atoms with Crippen molar-refractivity contribution in [3.05, 3.63) is 0 Å². The van der Waals surface area contributed by atoms with Crippen molar-refractivity contribution in [2.75, 3.05) is 26.2 Å². The Morgan fingerprint density at radius 3 is 1.34 bits per heavy atom. The molecule has 1 rings (SSSR count). The molecule has 1 heterocycles. The van der Waals surface area contributed by atoms with E-state index in [1.165, 1.54) is 41.5 Å². The number of carboxylic acids is 3. The molecular weight excluding hydrogens is 1370 g/mol. The van der Waals surface area contributed by atoms with Gasteiger partial charge in [-0.25, -0.2) is 4.79 Å². The van der Waals surface area contributed by atoms with Gasteiger partial charge in [-0.2, -0.15) is 0 Å². The molecule has 37 heteroatoms. The largest absolute Gasteiger partial charge is 0.481 e.